The molecule has 0 amide bonds. The minimum absolute atomic E-state index is 0.223. The molecule has 0 aliphatic carbocycles. The monoisotopic (exact) mass is 362 g/mol. The Hall–Kier alpha value is -2.91. The number of para-hydroxylation sites is 1. The number of rotatable bonds is 1. The minimum atomic E-state index is 0.223. The summed E-state index contributed by atoms with van der Waals surface area (Å²) in [6.07, 6.45) is 0. The molecule has 0 fully saturated rings. The van der Waals surface area contributed by atoms with Crippen LogP contribution in [0.15, 0.2) is 101 Å². The van der Waals surface area contributed by atoms with Gasteiger partial charge in [-0.05, 0) is 46.3 Å². The van der Waals surface area contributed by atoms with E-state index in [9.17, 15) is 0 Å². The maximum Gasteiger partial charge on any atom is 0.253 e. The summed E-state index contributed by atoms with van der Waals surface area (Å²) in [6, 6.07) is 32.3. The lowest BCUT2D eigenvalue weighted by Gasteiger charge is -2.32. The summed E-state index contributed by atoms with van der Waals surface area (Å²) in [7, 11) is 0. The van der Waals surface area contributed by atoms with Gasteiger partial charge in [0.25, 0.3) is 6.71 Å². The maximum atomic E-state index is 6.24. The van der Waals surface area contributed by atoms with Crippen LogP contribution in [-0.2, 0) is 0 Å². The summed E-state index contributed by atoms with van der Waals surface area (Å²) in [5.41, 5.74) is 6.45. The average Bonchev–Trinajstić information content (AvgIpc) is 2.74. The zero-order chi connectivity index (χ0) is 17.8. The molecule has 0 aromatic heterocycles. The van der Waals surface area contributed by atoms with E-state index in [0.717, 1.165) is 11.5 Å². The fourth-order valence-corrected chi connectivity index (χ4v) is 5.33. The van der Waals surface area contributed by atoms with Crippen LogP contribution < -0.4 is 21.1 Å². The number of benzene rings is 4. The smallest absolute Gasteiger partial charge is 0.253 e. The van der Waals surface area contributed by atoms with Gasteiger partial charge in [-0.3, -0.25) is 0 Å². The van der Waals surface area contributed by atoms with E-state index < -0.39 is 0 Å². The van der Waals surface area contributed by atoms with Crippen LogP contribution in [0.1, 0.15) is 0 Å². The Balaban J connectivity index is 1.62. The van der Waals surface area contributed by atoms with Crippen molar-refractivity contribution in [3.05, 3.63) is 91.0 Å². The first-order chi connectivity index (χ1) is 13.4. The molecular weight excluding hydrogens is 347 g/mol. The fourth-order valence-electron chi connectivity index (χ4n) is 4.19. The molecule has 2 aliphatic rings. The molecule has 0 saturated heterocycles. The number of fused-ring (bicyclic) bond motifs is 4. The van der Waals surface area contributed by atoms with Crippen molar-refractivity contribution in [2.75, 3.05) is 0 Å². The van der Waals surface area contributed by atoms with Crippen molar-refractivity contribution in [3.8, 4) is 22.6 Å². The van der Waals surface area contributed by atoms with Gasteiger partial charge in [-0.25, -0.2) is 0 Å². The Morgan fingerprint density at radius 2 is 1.41 bits per heavy atom. The Labute approximate surface area is 163 Å². The van der Waals surface area contributed by atoms with E-state index >= 15 is 0 Å². The predicted octanol–water partition coefficient (Wildman–Crippen LogP) is 4.44. The van der Waals surface area contributed by atoms with E-state index in [4.69, 9.17) is 4.74 Å². The van der Waals surface area contributed by atoms with Crippen molar-refractivity contribution in [1.29, 1.82) is 0 Å². The zero-order valence-electron chi connectivity index (χ0n) is 14.6. The summed E-state index contributed by atoms with van der Waals surface area (Å²) in [6.45, 7) is 0.223. The summed E-state index contributed by atoms with van der Waals surface area (Å²) < 4.78 is 6.24. The summed E-state index contributed by atoms with van der Waals surface area (Å²) >= 11 is 1.85. The van der Waals surface area contributed by atoms with E-state index in [1.165, 1.54) is 37.3 Å². The normalized spacial score (nSPS) is 13.3. The molecule has 2 heterocycles. The maximum absolute atomic E-state index is 6.24. The zero-order valence-corrected chi connectivity index (χ0v) is 15.4. The molecule has 2 aliphatic heterocycles. The van der Waals surface area contributed by atoms with Crippen molar-refractivity contribution in [1.82, 2.24) is 0 Å². The first-order valence-corrected chi connectivity index (χ1v) is 9.97. The van der Waals surface area contributed by atoms with Crippen LogP contribution in [0, 0.1) is 0 Å². The van der Waals surface area contributed by atoms with Gasteiger partial charge in [0.2, 0.25) is 0 Å². The van der Waals surface area contributed by atoms with E-state index in [1.54, 1.807) is 0 Å². The minimum Gasteiger partial charge on any atom is -0.458 e. The highest BCUT2D eigenvalue weighted by Crippen LogP contribution is 2.37. The molecule has 0 saturated carbocycles. The lowest BCUT2D eigenvalue weighted by atomic mass is 9.35. The fraction of sp³-hybridized carbons (Fsp3) is 0. The molecule has 0 N–H and O–H groups in total. The standard InChI is InChI=1S/C24H15BOS/c1-2-7-16(8-3-1)17-13-14-22-19(15-17)25-18-9-4-5-10-20(18)26-21-11-6-12-23(27-22)24(21)25/h1-15H. The first-order valence-electron chi connectivity index (χ1n) is 9.15. The molecule has 0 atom stereocenters. The van der Waals surface area contributed by atoms with Crippen molar-refractivity contribution in [2.24, 2.45) is 0 Å². The number of hydrogen-bond donors (Lipinski definition) is 0. The van der Waals surface area contributed by atoms with Crippen LogP contribution in [0.25, 0.3) is 11.1 Å². The molecule has 1 nitrogen and oxygen atoms in total. The van der Waals surface area contributed by atoms with Gasteiger partial charge in [0.05, 0.1) is 0 Å². The molecule has 0 radical (unpaired) electrons. The van der Waals surface area contributed by atoms with E-state index in [0.29, 0.717) is 0 Å². The number of hydrogen-bond acceptors (Lipinski definition) is 2. The van der Waals surface area contributed by atoms with Gasteiger partial charge in [-0.15, -0.1) is 0 Å². The lowest BCUT2D eigenvalue weighted by Crippen LogP contribution is -2.57. The lowest BCUT2D eigenvalue weighted by molar-refractivity contribution is 0.486. The third kappa shape index (κ3) is 2.28. The Morgan fingerprint density at radius 1 is 0.593 bits per heavy atom. The Morgan fingerprint density at radius 3 is 2.33 bits per heavy atom. The van der Waals surface area contributed by atoms with Gasteiger partial charge in [0.1, 0.15) is 11.5 Å². The Bertz CT molecular complexity index is 1170. The van der Waals surface area contributed by atoms with E-state index in [-0.39, 0.29) is 6.71 Å². The van der Waals surface area contributed by atoms with Crippen LogP contribution in [0.2, 0.25) is 0 Å². The van der Waals surface area contributed by atoms with Gasteiger partial charge in [-0.2, -0.15) is 0 Å². The quantitative estimate of drug-likeness (QED) is 0.400. The highest BCUT2D eigenvalue weighted by molar-refractivity contribution is 8.00. The van der Waals surface area contributed by atoms with E-state index in [1.807, 2.05) is 17.8 Å². The second-order valence-corrected chi connectivity index (χ2v) is 8.05. The second-order valence-electron chi connectivity index (χ2n) is 6.96. The Kier molecular flexibility index (Phi) is 3.26. The third-order valence-corrected chi connectivity index (χ3v) is 6.58. The summed E-state index contributed by atoms with van der Waals surface area (Å²) in [4.78, 5) is 2.63. The highest BCUT2D eigenvalue weighted by Gasteiger charge is 2.38. The molecule has 4 aromatic rings. The van der Waals surface area contributed by atoms with Crippen LogP contribution in [0.4, 0.5) is 0 Å². The van der Waals surface area contributed by atoms with Crippen LogP contribution >= 0.6 is 11.8 Å². The molecule has 3 heteroatoms. The van der Waals surface area contributed by atoms with Crippen molar-refractivity contribution in [3.63, 3.8) is 0 Å². The SMILES string of the molecule is c1ccc(-c2ccc3c(c2)B2c4ccccc4Oc4cccc(c42)S3)cc1. The predicted molar refractivity (Wildman–Crippen MR) is 114 cm³/mol. The average molecular weight is 362 g/mol. The molecule has 27 heavy (non-hydrogen) atoms. The summed E-state index contributed by atoms with van der Waals surface area (Å²) in [5, 5.41) is 0. The number of ether oxygens (including phenoxy) is 1. The summed E-state index contributed by atoms with van der Waals surface area (Å²) in [5.74, 6) is 1.95. The van der Waals surface area contributed by atoms with Crippen molar-refractivity contribution in [2.45, 2.75) is 9.79 Å². The van der Waals surface area contributed by atoms with Crippen LogP contribution in [0.5, 0.6) is 11.5 Å². The van der Waals surface area contributed by atoms with Gasteiger partial charge in [0, 0.05) is 9.79 Å². The van der Waals surface area contributed by atoms with Crippen molar-refractivity contribution < 1.29 is 4.74 Å². The van der Waals surface area contributed by atoms with Gasteiger partial charge < -0.3 is 4.74 Å². The van der Waals surface area contributed by atoms with E-state index in [2.05, 4.69) is 84.9 Å². The van der Waals surface area contributed by atoms with Gasteiger partial charge >= 0.3 is 0 Å². The van der Waals surface area contributed by atoms with Gasteiger partial charge in [-0.1, -0.05) is 84.0 Å². The largest absolute Gasteiger partial charge is 0.458 e. The molecule has 0 spiro atoms. The molecule has 6 rings (SSSR count). The molecule has 0 unspecified atom stereocenters. The highest BCUT2D eigenvalue weighted by atomic mass is 32.2. The van der Waals surface area contributed by atoms with Crippen molar-refractivity contribution >= 4 is 34.9 Å². The molecule has 0 bridgehead atoms. The first kappa shape index (κ1) is 15.2. The molecule has 126 valence electrons. The second kappa shape index (κ2) is 5.80. The van der Waals surface area contributed by atoms with Crippen LogP contribution in [-0.4, -0.2) is 6.71 Å². The van der Waals surface area contributed by atoms with Crippen LogP contribution in [0.3, 0.4) is 0 Å². The van der Waals surface area contributed by atoms with Gasteiger partial charge in [0.15, 0.2) is 0 Å². The molecule has 4 aromatic carbocycles. The topological polar surface area (TPSA) is 9.23 Å². The third-order valence-electron chi connectivity index (χ3n) is 5.41. The molecular formula is C24H15BOS.